The molecule has 0 unspecified atom stereocenters. The Balaban J connectivity index is 2.84. The van der Waals surface area contributed by atoms with Crippen LogP contribution in [-0.4, -0.2) is 16.1 Å². The Morgan fingerprint density at radius 3 is 2.43 bits per heavy atom. The van der Waals surface area contributed by atoms with Crippen molar-refractivity contribution >= 4 is 5.97 Å². The molecule has 0 aliphatic rings. The summed E-state index contributed by atoms with van der Waals surface area (Å²) in [6.45, 7) is 6.29. The lowest BCUT2D eigenvalue weighted by Gasteiger charge is -2.18. The van der Waals surface area contributed by atoms with E-state index >= 15 is 0 Å². The monoisotopic (exact) mass is 193 g/mol. The molecule has 0 aliphatic heterocycles. The molecule has 0 atom stereocenters. The Hall–Kier alpha value is -1.38. The maximum absolute atomic E-state index is 10.4. The number of aliphatic carboxylic acids is 1. The number of hydrogen-bond donors (Lipinski definition) is 1. The van der Waals surface area contributed by atoms with Crippen LogP contribution < -0.4 is 0 Å². The standard InChI is InChI=1S/C11H15NO2/c1-11(2,3)8-4-5-9(12-7-8)6-10(13)14/h4-5,7H,6H2,1-3H3,(H,13,14). The van der Waals surface area contributed by atoms with Crippen LogP contribution in [0.3, 0.4) is 0 Å². The summed E-state index contributed by atoms with van der Waals surface area (Å²) in [5.74, 6) is -0.846. The summed E-state index contributed by atoms with van der Waals surface area (Å²) >= 11 is 0. The van der Waals surface area contributed by atoms with Crippen LogP contribution in [0.1, 0.15) is 32.0 Å². The van der Waals surface area contributed by atoms with E-state index < -0.39 is 5.97 Å². The minimum atomic E-state index is -0.846. The largest absolute Gasteiger partial charge is 0.481 e. The van der Waals surface area contributed by atoms with Gasteiger partial charge in [0.2, 0.25) is 0 Å². The van der Waals surface area contributed by atoms with Crippen LogP contribution in [0.25, 0.3) is 0 Å². The summed E-state index contributed by atoms with van der Waals surface area (Å²) in [5.41, 5.74) is 1.78. The second-order valence-corrected chi connectivity index (χ2v) is 4.36. The van der Waals surface area contributed by atoms with E-state index in [1.807, 2.05) is 6.07 Å². The Morgan fingerprint density at radius 1 is 1.43 bits per heavy atom. The van der Waals surface area contributed by atoms with Gasteiger partial charge in [-0.05, 0) is 17.0 Å². The zero-order chi connectivity index (χ0) is 10.8. The van der Waals surface area contributed by atoms with Gasteiger partial charge < -0.3 is 5.11 Å². The lowest BCUT2D eigenvalue weighted by Crippen LogP contribution is -2.12. The molecule has 0 saturated heterocycles. The number of nitrogens with zero attached hydrogens (tertiary/aromatic N) is 1. The van der Waals surface area contributed by atoms with Crippen LogP contribution in [0, 0.1) is 0 Å². The zero-order valence-corrected chi connectivity index (χ0v) is 8.74. The fourth-order valence-electron chi connectivity index (χ4n) is 1.13. The molecule has 3 heteroatoms. The highest BCUT2D eigenvalue weighted by Gasteiger charge is 2.13. The van der Waals surface area contributed by atoms with Crippen molar-refractivity contribution in [2.75, 3.05) is 0 Å². The van der Waals surface area contributed by atoms with E-state index in [1.54, 1.807) is 12.3 Å². The molecule has 1 heterocycles. The lowest BCUT2D eigenvalue weighted by molar-refractivity contribution is -0.136. The smallest absolute Gasteiger partial charge is 0.309 e. The minimum Gasteiger partial charge on any atom is -0.481 e. The molecule has 0 spiro atoms. The molecule has 1 rings (SSSR count). The van der Waals surface area contributed by atoms with Crippen molar-refractivity contribution in [1.29, 1.82) is 0 Å². The van der Waals surface area contributed by atoms with Crippen LogP contribution in [-0.2, 0) is 16.6 Å². The molecule has 0 aliphatic carbocycles. The number of carboxylic acid groups (broad SMARTS) is 1. The summed E-state index contributed by atoms with van der Waals surface area (Å²) in [6.07, 6.45) is 1.74. The number of carboxylic acids is 1. The van der Waals surface area contributed by atoms with Crippen molar-refractivity contribution in [3.05, 3.63) is 29.6 Å². The number of aromatic nitrogens is 1. The molecule has 0 aromatic carbocycles. The fourth-order valence-corrected chi connectivity index (χ4v) is 1.13. The van der Waals surface area contributed by atoms with E-state index in [0.717, 1.165) is 5.56 Å². The summed E-state index contributed by atoms with van der Waals surface area (Å²) in [7, 11) is 0. The third kappa shape index (κ3) is 2.83. The highest BCUT2D eigenvalue weighted by molar-refractivity contribution is 5.69. The van der Waals surface area contributed by atoms with Gasteiger partial charge in [0.05, 0.1) is 12.1 Å². The first-order chi connectivity index (χ1) is 6.39. The third-order valence-electron chi connectivity index (χ3n) is 2.02. The molecule has 0 radical (unpaired) electrons. The fraction of sp³-hybridized carbons (Fsp3) is 0.455. The normalized spacial score (nSPS) is 11.4. The first-order valence-electron chi connectivity index (χ1n) is 4.57. The van der Waals surface area contributed by atoms with E-state index in [4.69, 9.17) is 5.11 Å². The summed E-state index contributed by atoms with van der Waals surface area (Å²) in [5, 5.41) is 8.56. The highest BCUT2D eigenvalue weighted by atomic mass is 16.4. The molecule has 1 N–H and O–H groups in total. The summed E-state index contributed by atoms with van der Waals surface area (Å²) < 4.78 is 0. The van der Waals surface area contributed by atoms with E-state index in [0.29, 0.717) is 5.69 Å². The van der Waals surface area contributed by atoms with Crippen molar-refractivity contribution in [3.63, 3.8) is 0 Å². The highest BCUT2D eigenvalue weighted by Crippen LogP contribution is 2.20. The number of pyridine rings is 1. The average Bonchev–Trinajstić information content (AvgIpc) is 2.02. The van der Waals surface area contributed by atoms with E-state index in [-0.39, 0.29) is 11.8 Å². The third-order valence-corrected chi connectivity index (χ3v) is 2.02. The maximum atomic E-state index is 10.4. The second-order valence-electron chi connectivity index (χ2n) is 4.36. The van der Waals surface area contributed by atoms with E-state index in [1.165, 1.54) is 0 Å². The van der Waals surface area contributed by atoms with Crippen LogP contribution in [0.4, 0.5) is 0 Å². The molecule has 0 saturated carbocycles. The maximum Gasteiger partial charge on any atom is 0.309 e. The molecule has 1 aromatic rings. The summed E-state index contributed by atoms with van der Waals surface area (Å²) in [4.78, 5) is 14.5. The molecule has 0 bridgehead atoms. The number of hydrogen-bond acceptors (Lipinski definition) is 2. The average molecular weight is 193 g/mol. The van der Waals surface area contributed by atoms with Gasteiger partial charge in [-0.25, -0.2) is 0 Å². The zero-order valence-electron chi connectivity index (χ0n) is 8.74. The van der Waals surface area contributed by atoms with Crippen molar-refractivity contribution in [2.45, 2.75) is 32.6 Å². The number of carbonyl (C=O) groups is 1. The molecule has 0 amide bonds. The predicted octanol–water partition coefficient (Wildman–Crippen LogP) is 2.01. The topological polar surface area (TPSA) is 50.2 Å². The van der Waals surface area contributed by atoms with Crippen molar-refractivity contribution in [3.8, 4) is 0 Å². The Morgan fingerprint density at radius 2 is 2.07 bits per heavy atom. The van der Waals surface area contributed by atoms with Gasteiger partial charge >= 0.3 is 5.97 Å². The van der Waals surface area contributed by atoms with Gasteiger partial charge in [-0.1, -0.05) is 26.8 Å². The van der Waals surface area contributed by atoms with Gasteiger partial charge in [-0.2, -0.15) is 0 Å². The van der Waals surface area contributed by atoms with Gasteiger partial charge in [-0.15, -0.1) is 0 Å². The van der Waals surface area contributed by atoms with Crippen LogP contribution in [0.5, 0.6) is 0 Å². The van der Waals surface area contributed by atoms with Gasteiger partial charge in [0.25, 0.3) is 0 Å². The lowest BCUT2D eigenvalue weighted by atomic mass is 9.88. The SMILES string of the molecule is CC(C)(C)c1ccc(CC(=O)O)nc1. The minimum absolute atomic E-state index is 0.00950. The van der Waals surface area contributed by atoms with Crippen molar-refractivity contribution in [1.82, 2.24) is 4.98 Å². The van der Waals surface area contributed by atoms with Crippen molar-refractivity contribution in [2.24, 2.45) is 0 Å². The van der Waals surface area contributed by atoms with Gasteiger partial charge in [0.15, 0.2) is 0 Å². The van der Waals surface area contributed by atoms with E-state index in [9.17, 15) is 4.79 Å². The van der Waals surface area contributed by atoms with Crippen LogP contribution in [0.2, 0.25) is 0 Å². The Kier molecular flexibility index (Phi) is 2.89. The summed E-state index contributed by atoms with van der Waals surface area (Å²) in [6, 6.07) is 3.71. The molecule has 0 fully saturated rings. The molecule has 14 heavy (non-hydrogen) atoms. The first kappa shape index (κ1) is 10.7. The van der Waals surface area contributed by atoms with Crippen LogP contribution >= 0.6 is 0 Å². The Labute approximate surface area is 83.8 Å². The molecule has 3 nitrogen and oxygen atoms in total. The van der Waals surface area contributed by atoms with Gasteiger partial charge in [0, 0.05) is 6.20 Å². The first-order valence-corrected chi connectivity index (χ1v) is 4.57. The number of rotatable bonds is 2. The van der Waals surface area contributed by atoms with Crippen LogP contribution in [0.15, 0.2) is 18.3 Å². The van der Waals surface area contributed by atoms with Crippen molar-refractivity contribution < 1.29 is 9.90 Å². The molecule has 76 valence electrons. The molecule has 1 aromatic heterocycles. The Bertz CT molecular complexity index is 322. The second kappa shape index (κ2) is 3.78. The van der Waals surface area contributed by atoms with Gasteiger partial charge in [0.1, 0.15) is 0 Å². The van der Waals surface area contributed by atoms with Gasteiger partial charge in [-0.3, -0.25) is 9.78 Å². The molecular formula is C11H15NO2. The molecular weight excluding hydrogens is 178 g/mol. The quantitative estimate of drug-likeness (QED) is 0.781. The predicted molar refractivity (Wildman–Crippen MR) is 54.3 cm³/mol. The van der Waals surface area contributed by atoms with E-state index in [2.05, 4.69) is 25.8 Å².